The van der Waals surface area contributed by atoms with E-state index in [4.69, 9.17) is 0 Å². The fraction of sp³-hybridized carbons (Fsp3) is 0.250. The smallest absolute Gasteiger partial charge is 0.278 e. The summed E-state index contributed by atoms with van der Waals surface area (Å²) in [6.07, 6.45) is 6.41. The van der Waals surface area contributed by atoms with Gasteiger partial charge in [-0.25, -0.2) is 0 Å². The van der Waals surface area contributed by atoms with E-state index in [0.29, 0.717) is 12.2 Å². The van der Waals surface area contributed by atoms with Crippen LogP contribution in [0.15, 0.2) is 60.9 Å². The van der Waals surface area contributed by atoms with Crippen molar-refractivity contribution < 1.29 is 4.79 Å². The van der Waals surface area contributed by atoms with Gasteiger partial charge in [0, 0.05) is 25.5 Å². The summed E-state index contributed by atoms with van der Waals surface area (Å²) >= 11 is 0. The SMILES string of the molecule is O=C(c1ccn(CCc2ccccc2)n1)N1CCCc2ncccc21. The van der Waals surface area contributed by atoms with E-state index in [1.807, 2.05) is 41.2 Å². The first-order valence-electron chi connectivity index (χ1n) is 8.64. The van der Waals surface area contributed by atoms with Gasteiger partial charge in [0.05, 0.1) is 11.4 Å². The van der Waals surface area contributed by atoms with Crippen molar-refractivity contribution in [1.82, 2.24) is 14.8 Å². The molecule has 126 valence electrons. The van der Waals surface area contributed by atoms with Crippen molar-refractivity contribution in [3.63, 3.8) is 0 Å². The molecule has 1 aliphatic rings. The number of pyridine rings is 1. The minimum absolute atomic E-state index is 0.0487. The molecule has 0 N–H and O–H groups in total. The van der Waals surface area contributed by atoms with E-state index in [2.05, 4.69) is 22.2 Å². The first-order chi connectivity index (χ1) is 12.3. The molecule has 0 unspecified atom stereocenters. The van der Waals surface area contributed by atoms with Crippen molar-refractivity contribution in [3.8, 4) is 0 Å². The van der Waals surface area contributed by atoms with Crippen LogP contribution in [0, 0.1) is 0 Å². The standard InChI is InChI=1S/C20H20N4O/c25-20(24-13-5-8-17-19(24)9-4-12-21-17)18-11-15-23(22-18)14-10-16-6-2-1-3-7-16/h1-4,6-7,9,11-12,15H,5,8,10,13-14H2. The number of carbonyl (C=O) groups excluding carboxylic acids is 1. The first kappa shape index (κ1) is 15.6. The summed E-state index contributed by atoms with van der Waals surface area (Å²) in [6, 6.07) is 15.9. The first-order valence-corrected chi connectivity index (χ1v) is 8.64. The van der Waals surface area contributed by atoms with Crippen molar-refractivity contribution in [2.24, 2.45) is 0 Å². The summed E-state index contributed by atoms with van der Waals surface area (Å²) in [6.45, 7) is 1.48. The molecule has 0 bridgehead atoms. The minimum Gasteiger partial charge on any atom is -0.305 e. The van der Waals surface area contributed by atoms with Crippen LogP contribution in [0.2, 0.25) is 0 Å². The highest BCUT2D eigenvalue weighted by Crippen LogP contribution is 2.26. The van der Waals surface area contributed by atoms with E-state index in [1.54, 1.807) is 17.2 Å². The van der Waals surface area contributed by atoms with E-state index in [0.717, 1.165) is 37.2 Å². The van der Waals surface area contributed by atoms with Crippen LogP contribution in [-0.2, 0) is 19.4 Å². The summed E-state index contributed by atoms with van der Waals surface area (Å²) in [5.74, 6) is -0.0487. The zero-order valence-corrected chi connectivity index (χ0v) is 14.0. The van der Waals surface area contributed by atoms with Gasteiger partial charge in [-0.2, -0.15) is 5.10 Å². The van der Waals surface area contributed by atoms with Crippen molar-refractivity contribution in [2.45, 2.75) is 25.8 Å². The van der Waals surface area contributed by atoms with Crippen LogP contribution >= 0.6 is 0 Å². The molecule has 5 heteroatoms. The number of hydrogen-bond acceptors (Lipinski definition) is 3. The minimum atomic E-state index is -0.0487. The molecule has 0 atom stereocenters. The highest BCUT2D eigenvalue weighted by atomic mass is 16.2. The number of aryl methyl sites for hydroxylation is 3. The summed E-state index contributed by atoms with van der Waals surface area (Å²) in [4.78, 5) is 19.1. The lowest BCUT2D eigenvalue weighted by Crippen LogP contribution is -2.36. The van der Waals surface area contributed by atoms with Gasteiger partial charge in [0.25, 0.3) is 5.91 Å². The van der Waals surface area contributed by atoms with Gasteiger partial charge in [-0.15, -0.1) is 0 Å². The molecule has 0 spiro atoms. The maximum absolute atomic E-state index is 12.9. The number of benzene rings is 1. The lowest BCUT2D eigenvalue weighted by Gasteiger charge is -2.27. The molecule has 0 radical (unpaired) electrons. The van der Waals surface area contributed by atoms with Crippen LogP contribution < -0.4 is 4.90 Å². The molecule has 1 aromatic carbocycles. The third kappa shape index (κ3) is 3.31. The van der Waals surface area contributed by atoms with E-state index < -0.39 is 0 Å². The Morgan fingerprint density at radius 1 is 1.08 bits per heavy atom. The largest absolute Gasteiger partial charge is 0.305 e. The quantitative estimate of drug-likeness (QED) is 0.737. The Morgan fingerprint density at radius 2 is 1.96 bits per heavy atom. The van der Waals surface area contributed by atoms with E-state index in [1.165, 1.54) is 5.56 Å². The molecule has 0 saturated carbocycles. The van der Waals surface area contributed by atoms with Gasteiger partial charge in [-0.3, -0.25) is 14.5 Å². The predicted molar refractivity (Wildman–Crippen MR) is 96.6 cm³/mol. The molecule has 0 aliphatic carbocycles. The number of amides is 1. The molecule has 5 nitrogen and oxygen atoms in total. The van der Waals surface area contributed by atoms with Crippen LogP contribution in [0.5, 0.6) is 0 Å². The number of carbonyl (C=O) groups is 1. The van der Waals surface area contributed by atoms with E-state index in [-0.39, 0.29) is 5.91 Å². The van der Waals surface area contributed by atoms with Crippen LogP contribution in [-0.4, -0.2) is 27.2 Å². The average molecular weight is 332 g/mol. The molecule has 3 aromatic rings. The molecule has 25 heavy (non-hydrogen) atoms. The Labute approximate surface area is 146 Å². The topological polar surface area (TPSA) is 51.0 Å². The Kier molecular flexibility index (Phi) is 4.29. The molecule has 4 rings (SSSR count). The van der Waals surface area contributed by atoms with Crippen molar-refractivity contribution >= 4 is 11.6 Å². The normalized spacial score (nSPS) is 13.5. The third-order valence-electron chi connectivity index (χ3n) is 4.53. The van der Waals surface area contributed by atoms with E-state index >= 15 is 0 Å². The summed E-state index contributed by atoms with van der Waals surface area (Å²) < 4.78 is 1.84. The summed E-state index contributed by atoms with van der Waals surface area (Å²) in [5, 5.41) is 4.48. The number of hydrogen-bond donors (Lipinski definition) is 0. The number of aromatic nitrogens is 3. The zero-order valence-electron chi connectivity index (χ0n) is 14.0. The van der Waals surface area contributed by atoms with Gasteiger partial charge < -0.3 is 4.90 Å². The third-order valence-corrected chi connectivity index (χ3v) is 4.53. The Hall–Kier alpha value is -2.95. The highest BCUT2D eigenvalue weighted by molar-refractivity contribution is 6.05. The monoisotopic (exact) mass is 332 g/mol. The van der Waals surface area contributed by atoms with Crippen LogP contribution in [0.1, 0.15) is 28.2 Å². The van der Waals surface area contributed by atoms with Gasteiger partial charge in [0.15, 0.2) is 5.69 Å². The second-order valence-electron chi connectivity index (χ2n) is 6.23. The summed E-state index contributed by atoms with van der Waals surface area (Å²) in [7, 11) is 0. The Morgan fingerprint density at radius 3 is 2.84 bits per heavy atom. The van der Waals surface area contributed by atoms with Crippen LogP contribution in [0.25, 0.3) is 0 Å². The summed E-state index contributed by atoms with van der Waals surface area (Å²) in [5.41, 5.74) is 3.66. The molecule has 3 heterocycles. The van der Waals surface area contributed by atoms with Gasteiger partial charge in [-0.05, 0) is 43.0 Å². The van der Waals surface area contributed by atoms with Gasteiger partial charge in [0.1, 0.15) is 0 Å². The number of nitrogens with zero attached hydrogens (tertiary/aromatic N) is 4. The second kappa shape index (κ2) is 6.89. The Balaban J connectivity index is 1.48. The average Bonchev–Trinajstić information content (AvgIpc) is 3.15. The van der Waals surface area contributed by atoms with Crippen molar-refractivity contribution in [3.05, 3.63) is 77.9 Å². The molecule has 0 fully saturated rings. The molecule has 0 saturated heterocycles. The van der Waals surface area contributed by atoms with Crippen LogP contribution in [0.3, 0.4) is 0 Å². The number of rotatable bonds is 4. The predicted octanol–water partition coefficient (Wildman–Crippen LogP) is 3.11. The Bertz CT molecular complexity index is 872. The van der Waals surface area contributed by atoms with Crippen molar-refractivity contribution in [2.75, 3.05) is 11.4 Å². The van der Waals surface area contributed by atoms with Gasteiger partial charge >= 0.3 is 0 Å². The molecule has 1 aliphatic heterocycles. The van der Waals surface area contributed by atoms with Gasteiger partial charge in [0.2, 0.25) is 0 Å². The van der Waals surface area contributed by atoms with E-state index in [9.17, 15) is 4.79 Å². The fourth-order valence-electron chi connectivity index (χ4n) is 3.23. The maximum Gasteiger partial charge on any atom is 0.278 e. The van der Waals surface area contributed by atoms with Crippen LogP contribution in [0.4, 0.5) is 5.69 Å². The molecular formula is C20H20N4O. The highest BCUT2D eigenvalue weighted by Gasteiger charge is 2.25. The molecular weight excluding hydrogens is 312 g/mol. The lowest BCUT2D eigenvalue weighted by molar-refractivity contribution is 0.0979. The van der Waals surface area contributed by atoms with Gasteiger partial charge in [-0.1, -0.05) is 30.3 Å². The number of fused-ring (bicyclic) bond motifs is 1. The number of anilines is 1. The second-order valence-corrected chi connectivity index (χ2v) is 6.23. The zero-order chi connectivity index (χ0) is 17.1. The maximum atomic E-state index is 12.9. The lowest BCUT2D eigenvalue weighted by atomic mass is 10.1. The van der Waals surface area contributed by atoms with Crippen molar-refractivity contribution in [1.29, 1.82) is 0 Å². The fourth-order valence-corrected chi connectivity index (χ4v) is 3.23. The molecule has 1 amide bonds. The molecule has 2 aromatic heterocycles.